The lowest BCUT2D eigenvalue weighted by molar-refractivity contribution is 1.02. The maximum absolute atomic E-state index is 4.07. The molecule has 52 heavy (non-hydrogen) atoms. The first-order valence-corrected chi connectivity index (χ1v) is 19.7. The lowest BCUT2D eigenvalue weighted by atomic mass is 9.52. The summed E-state index contributed by atoms with van der Waals surface area (Å²) in [6.45, 7) is 2.29. The van der Waals surface area contributed by atoms with E-state index < -0.39 is 0 Å². The third-order valence-corrected chi connectivity index (χ3v) is 13.9. The van der Waals surface area contributed by atoms with Gasteiger partial charge in [-0.3, -0.25) is 0 Å². The first kappa shape index (κ1) is 29.0. The van der Waals surface area contributed by atoms with Crippen molar-refractivity contribution in [3.05, 3.63) is 168 Å². The predicted molar refractivity (Wildman–Crippen MR) is 229 cm³/mol. The molecule has 1 aliphatic heterocycles. The van der Waals surface area contributed by atoms with Crippen molar-refractivity contribution in [2.45, 2.75) is 12.8 Å². The second kappa shape index (κ2) is 10.7. The summed E-state index contributed by atoms with van der Waals surface area (Å²) < 4.78 is 5.28. The molecule has 1 N–H and O–H groups in total. The average molecular weight is 696 g/mol. The van der Waals surface area contributed by atoms with E-state index in [0.29, 0.717) is 0 Å². The fraction of sp³-hybridized carbons (Fsp3) is 0.0417. The molecular formula is C48H30BNS2. The van der Waals surface area contributed by atoms with Crippen LogP contribution in [0.4, 0.5) is 11.4 Å². The predicted octanol–water partition coefficient (Wildman–Crippen LogP) is 12.2. The molecule has 0 saturated heterocycles. The third kappa shape index (κ3) is 3.94. The van der Waals surface area contributed by atoms with Crippen LogP contribution in [0.15, 0.2) is 146 Å². The highest BCUT2D eigenvalue weighted by molar-refractivity contribution is 7.26. The van der Waals surface area contributed by atoms with E-state index in [-0.39, 0.29) is 5.92 Å². The molecule has 0 fully saturated rings. The van der Waals surface area contributed by atoms with E-state index in [1.807, 2.05) is 22.7 Å². The van der Waals surface area contributed by atoms with Gasteiger partial charge < -0.3 is 5.32 Å². The lowest BCUT2D eigenvalue weighted by Crippen LogP contribution is -2.40. The van der Waals surface area contributed by atoms with Gasteiger partial charge in [-0.25, -0.2) is 0 Å². The van der Waals surface area contributed by atoms with E-state index in [2.05, 4.69) is 158 Å². The van der Waals surface area contributed by atoms with Gasteiger partial charge >= 0.3 is 0 Å². The number of benzene rings is 8. The zero-order valence-electron chi connectivity index (χ0n) is 28.5. The van der Waals surface area contributed by atoms with Crippen molar-refractivity contribution in [2.24, 2.45) is 0 Å². The summed E-state index contributed by atoms with van der Waals surface area (Å²) in [7, 11) is 0.916. The molecule has 2 aromatic heterocycles. The fourth-order valence-electron chi connectivity index (χ4n) is 9.57. The molecule has 242 valence electrons. The van der Waals surface area contributed by atoms with Crippen LogP contribution < -0.4 is 16.2 Å². The van der Waals surface area contributed by atoms with Crippen LogP contribution in [0.3, 0.4) is 0 Å². The molecule has 0 saturated carbocycles. The molecule has 1 atom stereocenters. The fourth-order valence-corrected chi connectivity index (χ4v) is 11.8. The summed E-state index contributed by atoms with van der Waals surface area (Å²) >= 11 is 3.77. The maximum atomic E-state index is 4.07. The van der Waals surface area contributed by atoms with Crippen LogP contribution in [0.2, 0.25) is 0 Å². The van der Waals surface area contributed by atoms with Crippen molar-refractivity contribution in [1.82, 2.24) is 0 Å². The highest BCUT2D eigenvalue weighted by atomic mass is 32.1. The molecule has 10 aromatic rings. The Morgan fingerprint density at radius 3 is 2.08 bits per heavy atom. The van der Waals surface area contributed by atoms with Crippen LogP contribution in [0.5, 0.6) is 0 Å². The van der Waals surface area contributed by atoms with Crippen LogP contribution in [0.25, 0.3) is 73.4 Å². The first-order valence-electron chi connectivity index (χ1n) is 18.1. The summed E-state index contributed by atoms with van der Waals surface area (Å²) in [5.41, 5.74) is 16.4. The molecule has 0 bridgehead atoms. The van der Waals surface area contributed by atoms with Crippen molar-refractivity contribution in [1.29, 1.82) is 0 Å². The SMILES string of the molecule is Cc1cc(-c2c(Nc3cccc4sc5ccccc5c34)ccc3sc4ccccc4c23)c2c(c1)C1c3ccc4ccccc4c3-c3cccc(c31)B2. The summed E-state index contributed by atoms with van der Waals surface area (Å²) in [5, 5.41) is 12.0. The topological polar surface area (TPSA) is 12.0 Å². The monoisotopic (exact) mass is 695 g/mol. The average Bonchev–Trinajstić information content (AvgIpc) is 3.86. The van der Waals surface area contributed by atoms with E-state index in [4.69, 9.17) is 0 Å². The standard InChI is InChI=1S/C48H30BNS2/c1-26-24-33-43-32-21-20-27-10-2-3-11-28(27)42(32)31-14-8-15-35(44(31)43)49-48(33)34(25-26)46-37(22-23-41-47(46)30-13-5-7-18-39(30)52-41)50-36-16-9-19-40-45(36)29-12-4-6-17-38(29)51-40/h2-25,43,49-50H,1H3. The Hall–Kier alpha value is -5.68. The van der Waals surface area contributed by atoms with Gasteiger partial charge in [-0.15, -0.1) is 22.7 Å². The Morgan fingerprint density at radius 1 is 0.519 bits per heavy atom. The molecule has 8 aromatic carbocycles. The van der Waals surface area contributed by atoms with Gasteiger partial charge in [0.1, 0.15) is 0 Å². The molecule has 0 radical (unpaired) electrons. The minimum Gasteiger partial charge on any atom is -0.354 e. The first-order chi connectivity index (χ1) is 25.7. The van der Waals surface area contributed by atoms with Crippen molar-refractivity contribution in [3.8, 4) is 22.3 Å². The normalized spacial score (nSPS) is 14.2. The third-order valence-electron chi connectivity index (χ3n) is 11.6. The Morgan fingerprint density at radius 2 is 1.23 bits per heavy atom. The summed E-state index contributed by atoms with van der Waals surface area (Å²) in [6.07, 6.45) is 0. The minimum atomic E-state index is 0.217. The van der Waals surface area contributed by atoms with E-state index in [9.17, 15) is 0 Å². The smallest absolute Gasteiger partial charge is 0.193 e. The second-order valence-electron chi connectivity index (χ2n) is 14.5. The quantitative estimate of drug-likeness (QED) is 0.181. The van der Waals surface area contributed by atoms with Gasteiger partial charge in [0.05, 0.1) is 0 Å². The van der Waals surface area contributed by atoms with Crippen molar-refractivity contribution >= 4 is 103 Å². The van der Waals surface area contributed by atoms with Crippen molar-refractivity contribution in [2.75, 3.05) is 5.32 Å². The number of aryl methyl sites for hydroxylation is 1. The van der Waals surface area contributed by atoms with Gasteiger partial charge in [0.25, 0.3) is 0 Å². The van der Waals surface area contributed by atoms with Gasteiger partial charge in [-0.1, -0.05) is 126 Å². The number of anilines is 2. The van der Waals surface area contributed by atoms with E-state index in [1.54, 1.807) is 0 Å². The maximum Gasteiger partial charge on any atom is 0.193 e. The largest absolute Gasteiger partial charge is 0.354 e. The molecule has 2 aliphatic rings. The Labute approximate surface area is 310 Å². The Bertz CT molecular complexity index is 3170. The number of thiophene rings is 2. The number of rotatable bonds is 3. The van der Waals surface area contributed by atoms with Crippen molar-refractivity contribution < 1.29 is 0 Å². The zero-order valence-corrected chi connectivity index (χ0v) is 30.1. The van der Waals surface area contributed by atoms with Crippen LogP contribution >= 0.6 is 22.7 Å². The van der Waals surface area contributed by atoms with Crippen LogP contribution in [0, 0.1) is 6.92 Å². The molecule has 1 aliphatic carbocycles. The molecule has 0 amide bonds. The van der Waals surface area contributed by atoms with Crippen molar-refractivity contribution in [3.63, 3.8) is 0 Å². The summed E-state index contributed by atoms with van der Waals surface area (Å²) in [6, 6.07) is 54.8. The molecule has 1 unspecified atom stereocenters. The molecule has 4 heteroatoms. The minimum absolute atomic E-state index is 0.217. The Kier molecular flexibility index (Phi) is 5.95. The molecule has 0 spiro atoms. The zero-order chi connectivity index (χ0) is 34.1. The summed E-state index contributed by atoms with van der Waals surface area (Å²) in [4.78, 5) is 0. The van der Waals surface area contributed by atoms with Crippen LogP contribution in [-0.4, -0.2) is 7.28 Å². The van der Waals surface area contributed by atoms with Gasteiger partial charge in [-0.2, -0.15) is 0 Å². The summed E-state index contributed by atoms with van der Waals surface area (Å²) in [5.74, 6) is 0.217. The van der Waals surface area contributed by atoms with Crippen LogP contribution in [0.1, 0.15) is 28.2 Å². The number of hydrogen-bond donors (Lipinski definition) is 1. The Balaban J connectivity index is 1.15. The number of fused-ring (bicyclic) bond motifs is 13. The van der Waals surface area contributed by atoms with Gasteiger partial charge in [0.15, 0.2) is 7.28 Å². The lowest BCUT2D eigenvalue weighted by Gasteiger charge is -2.29. The van der Waals surface area contributed by atoms with Gasteiger partial charge in [-0.05, 0) is 87.5 Å². The van der Waals surface area contributed by atoms with Crippen LogP contribution in [-0.2, 0) is 0 Å². The highest BCUT2D eigenvalue weighted by Crippen LogP contribution is 2.52. The van der Waals surface area contributed by atoms with E-state index >= 15 is 0 Å². The van der Waals surface area contributed by atoms with Gasteiger partial charge in [0, 0.05) is 63.2 Å². The number of hydrogen-bond acceptors (Lipinski definition) is 3. The molecular weight excluding hydrogens is 665 g/mol. The van der Waals surface area contributed by atoms with E-state index in [1.165, 1.54) is 107 Å². The number of nitrogens with one attached hydrogen (secondary N) is 1. The molecule has 12 rings (SSSR count). The molecule has 3 heterocycles. The highest BCUT2D eigenvalue weighted by Gasteiger charge is 2.38. The van der Waals surface area contributed by atoms with Gasteiger partial charge in [0.2, 0.25) is 0 Å². The van der Waals surface area contributed by atoms with E-state index in [0.717, 1.165) is 18.7 Å². The second-order valence-corrected chi connectivity index (χ2v) is 16.6. The molecule has 1 nitrogen and oxygen atoms in total.